The molecular weight excluding hydrogens is 414 g/mol. The number of nitrogens with one attached hydrogen (secondary N) is 1. The minimum Gasteiger partial charge on any atom is -0.451 e. The Hall–Kier alpha value is -3.90. The lowest BCUT2D eigenvalue weighted by molar-refractivity contribution is 0.0997. The van der Waals surface area contributed by atoms with Gasteiger partial charge in [-0.1, -0.05) is 29.8 Å². The number of fused-ring (bicyclic) bond motifs is 1. The molecule has 6 nitrogen and oxygen atoms in total. The largest absolute Gasteiger partial charge is 0.451 e. The third-order valence-corrected chi connectivity index (χ3v) is 5.07. The van der Waals surface area contributed by atoms with Gasteiger partial charge < -0.3 is 14.2 Å². The van der Waals surface area contributed by atoms with Crippen LogP contribution in [0.2, 0.25) is 5.02 Å². The fourth-order valence-electron chi connectivity index (χ4n) is 3.22. The molecule has 0 saturated heterocycles. The second kappa shape index (κ2) is 7.74. The van der Waals surface area contributed by atoms with Crippen LogP contribution in [0.3, 0.4) is 0 Å². The van der Waals surface area contributed by atoms with Crippen LogP contribution < -0.4 is 5.32 Å². The lowest BCUT2D eigenvalue weighted by atomic mass is 10.1. The Morgan fingerprint density at radius 1 is 0.968 bits per heavy atom. The molecular formula is C24H16ClN3O3. The van der Waals surface area contributed by atoms with Crippen molar-refractivity contribution < 1.29 is 13.6 Å². The number of carbonyl (C=O) groups excluding carboxylic acids is 1. The molecule has 0 unspecified atom stereocenters. The van der Waals surface area contributed by atoms with Crippen LogP contribution in [0.25, 0.3) is 34.0 Å². The van der Waals surface area contributed by atoms with Crippen molar-refractivity contribution in [1.82, 2.24) is 9.97 Å². The van der Waals surface area contributed by atoms with Crippen LogP contribution in [0.4, 0.5) is 5.69 Å². The standard InChI is InChI=1S/C24H16ClN3O3/c1-14-7-8-16(24-28-22-20(31-24)6-3-11-26-22)13-18(14)27-23(29)21-10-9-19(30-21)15-4-2-5-17(25)12-15/h2-13H,1H3,(H,27,29). The zero-order chi connectivity index (χ0) is 21.4. The van der Waals surface area contributed by atoms with Crippen molar-refractivity contribution in [3.05, 3.63) is 89.3 Å². The molecule has 0 atom stereocenters. The van der Waals surface area contributed by atoms with Crippen LogP contribution >= 0.6 is 11.6 Å². The van der Waals surface area contributed by atoms with Crippen LogP contribution in [0.1, 0.15) is 16.1 Å². The lowest BCUT2D eigenvalue weighted by Gasteiger charge is -2.08. The minimum atomic E-state index is -0.354. The van der Waals surface area contributed by atoms with Gasteiger partial charge in [-0.25, -0.2) is 4.98 Å². The normalized spacial score (nSPS) is 11.0. The highest BCUT2D eigenvalue weighted by Gasteiger charge is 2.16. The number of nitrogens with zero attached hydrogens (tertiary/aromatic N) is 2. The molecule has 0 aliphatic rings. The summed E-state index contributed by atoms with van der Waals surface area (Å²) < 4.78 is 11.5. The van der Waals surface area contributed by atoms with Gasteiger partial charge in [-0.2, -0.15) is 4.98 Å². The summed E-state index contributed by atoms with van der Waals surface area (Å²) in [4.78, 5) is 21.4. The summed E-state index contributed by atoms with van der Waals surface area (Å²) in [7, 11) is 0. The highest BCUT2D eigenvalue weighted by atomic mass is 35.5. The molecule has 0 aliphatic carbocycles. The molecule has 31 heavy (non-hydrogen) atoms. The van der Waals surface area contributed by atoms with Gasteiger partial charge in [-0.3, -0.25) is 4.79 Å². The van der Waals surface area contributed by atoms with Crippen LogP contribution in [-0.2, 0) is 0 Å². The van der Waals surface area contributed by atoms with E-state index in [0.717, 1.165) is 16.7 Å². The second-order valence-corrected chi connectivity index (χ2v) is 7.44. The van der Waals surface area contributed by atoms with Crippen molar-refractivity contribution in [3.8, 4) is 22.8 Å². The summed E-state index contributed by atoms with van der Waals surface area (Å²) in [6.45, 7) is 1.91. The Labute approximate surface area is 182 Å². The first kappa shape index (κ1) is 19.1. The first-order chi connectivity index (χ1) is 15.1. The number of oxazole rings is 1. The zero-order valence-electron chi connectivity index (χ0n) is 16.4. The smallest absolute Gasteiger partial charge is 0.291 e. The van der Waals surface area contributed by atoms with E-state index in [1.165, 1.54) is 0 Å². The van der Waals surface area contributed by atoms with E-state index in [-0.39, 0.29) is 11.7 Å². The Morgan fingerprint density at radius 3 is 2.71 bits per heavy atom. The summed E-state index contributed by atoms with van der Waals surface area (Å²) >= 11 is 6.04. The number of amides is 1. The number of aromatic nitrogens is 2. The topological polar surface area (TPSA) is 81.2 Å². The predicted octanol–water partition coefficient (Wildman–Crippen LogP) is 6.36. The summed E-state index contributed by atoms with van der Waals surface area (Å²) in [5.41, 5.74) is 4.21. The van der Waals surface area contributed by atoms with Crippen LogP contribution in [0.15, 0.2) is 81.8 Å². The maximum atomic E-state index is 12.8. The van der Waals surface area contributed by atoms with E-state index < -0.39 is 0 Å². The fraction of sp³-hybridized carbons (Fsp3) is 0.0417. The molecule has 7 heteroatoms. The van der Waals surface area contributed by atoms with Crippen molar-refractivity contribution in [2.24, 2.45) is 0 Å². The van der Waals surface area contributed by atoms with Crippen molar-refractivity contribution in [3.63, 3.8) is 0 Å². The molecule has 1 N–H and O–H groups in total. The number of carbonyl (C=O) groups is 1. The Morgan fingerprint density at radius 2 is 1.87 bits per heavy atom. The number of benzene rings is 2. The van der Waals surface area contributed by atoms with Gasteiger partial charge in [0, 0.05) is 28.0 Å². The number of rotatable bonds is 4. The lowest BCUT2D eigenvalue weighted by Crippen LogP contribution is -2.11. The summed E-state index contributed by atoms with van der Waals surface area (Å²) in [5, 5.41) is 3.50. The van der Waals surface area contributed by atoms with E-state index in [1.807, 2.05) is 43.3 Å². The molecule has 5 rings (SSSR count). The van der Waals surface area contributed by atoms with Gasteiger partial charge in [-0.05, 0) is 61.0 Å². The third kappa shape index (κ3) is 3.81. The van der Waals surface area contributed by atoms with Crippen LogP contribution in [0, 0.1) is 6.92 Å². The number of hydrogen-bond donors (Lipinski definition) is 1. The van der Waals surface area contributed by atoms with Gasteiger partial charge >= 0.3 is 0 Å². The van der Waals surface area contributed by atoms with Gasteiger partial charge in [0.15, 0.2) is 17.0 Å². The first-order valence-electron chi connectivity index (χ1n) is 9.56. The SMILES string of the molecule is Cc1ccc(-c2nc3ncccc3o2)cc1NC(=O)c1ccc(-c2cccc(Cl)c2)o1. The molecule has 0 spiro atoms. The van der Waals surface area contributed by atoms with Crippen molar-refractivity contribution in [2.75, 3.05) is 5.32 Å². The van der Waals surface area contributed by atoms with E-state index in [2.05, 4.69) is 15.3 Å². The van der Waals surface area contributed by atoms with Gasteiger partial charge in [0.05, 0.1) is 0 Å². The zero-order valence-corrected chi connectivity index (χ0v) is 17.2. The van der Waals surface area contributed by atoms with Crippen molar-refractivity contribution in [1.29, 1.82) is 0 Å². The molecule has 2 aromatic carbocycles. The second-order valence-electron chi connectivity index (χ2n) is 7.00. The minimum absolute atomic E-state index is 0.200. The summed E-state index contributed by atoms with van der Waals surface area (Å²) in [6.07, 6.45) is 1.66. The van der Waals surface area contributed by atoms with E-state index in [4.69, 9.17) is 20.4 Å². The molecule has 0 radical (unpaired) electrons. The number of aryl methyl sites for hydroxylation is 1. The van der Waals surface area contributed by atoms with Crippen molar-refractivity contribution in [2.45, 2.75) is 6.92 Å². The van der Waals surface area contributed by atoms with Gasteiger partial charge in [-0.15, -0.1) is 0 Å². The predicted molar refractivity (Wildman–Crippen MR) is 119 cm³/mol. The van der Waals surface area contributed by atoms with E-state index in [9.17, 15) is 4.79 Å². The molecule has 152 valence electrons. The van der Waals surface area contributed by atoms with Crippen molar-refractivity contribution >= 4 is 34.4 Å². The molecule has 0 aliphatic heterocycles. The monoisotopic (exact) mass is 429 g/mol. The molecule has 1 amide bonds. The fourth-order valence-corrected chi connectivity index (χ4v) is 3.41. The number of anilines is 1. The van der Waals surface area contributed by atoms with Gasteiger partial charge in [0.25, 0.3) is 5.91 Å². The average Bonchev–Trinajstić information content (AvgIpc) is 3.43. The third-order valence-electron chi connectivity index (χ3n) is 4.84. The van der Waals surface area contributed by atoms with Gasteiger partial charge in [0.2, 0.25) is 5.89 Å². The molecule has 5 aromatic rings. The Balaban J connectivity index is 1.41. The van der Waals surface area contributed by atoms with E-state index in [0.29, 0.717) is 33.6 Å². The highest BCUT2D eigenvalue weighted by Crippen LogP contribution is 2.29. The summed E-state index contributed by atoms with van der Waals surface area (Å²) in [5.74, 6) is 0.848. The maximum absolute atomic E-state index is 12.8. The Bertz CT molecular complexity index is 1390. The van der Waals surface area contributed by atoms with Crippen LogP contribution in [0.5, 0.6) is 0 Å². The quantitative estimate of drug-likeness (QED) is 0.359. The van der Waals surface area contributed by atoms with E-state index in [1.54, 1.807) is 36.5 Å². The summed E-state index contributed by atoms with van der Waals surface area (Å²) in [6, 6.07) is 19.8. The highest BCUT2D eigenvalue weighted by molar-refractivity contribution is 6.30. The number of hydrogen-bond acceptors (Lipinski definition) is 5. The molecule has 0 bridgehead atoms. The average molecular weight is 430 g/mol. The molecule has 0 fully saturated rings. The molecule has 3 heterocycles. The first-order valence-corrected chi connectivity index (χ1v) is 9.94. The number of halogens is 1. The number of pyridine rings is 1. The molecule has 0 saturated carbocycles. The van der Waals surface area contributed by atoms with Gasteiger partial charge in [0.1, 0.15) is 5.76 Å². The number of furan rings is 1. The Kier molecular flexibility index (Phi) is 4.76. The van der Waals surface area contributed by atoms with Crippen LogP contribution in [-0.4, -0.2) is 15.9 Å². The molecule has 3 aromatic heterocycles. The maximum Gasteiger partial charge on any atom is 0.291 e. The van der Waals surface area contributed by atoms with E-state index >= 15 is 0 Å².